The molecule has 1 aromatic carbocycles. The van der Waals surface area contributed by atoms with E-state index in [-0.39, 0.29) is 0 Å². The maximum absolute atomic E-state index is 5.77. The lowest BCUT2D eigenvalue weighted by molar-refractivity contribution is 0.302. The fourth-order valence-corrected chi connectivity index (χ4v) is 4.33. The van der Waals surface area contributed by atoms with E-state index in [1.807, 2.05) is 0 Å². The predicted molar refractivity (Wildman–Crippen MR) is 111 cm³/mol. The molecule has 0 unspecified atom stereocenters. The van der Waals surface area contributed by atoms with Crippen molar-refractivity contribution in [1.82, 2.24) is 9.97 Å². The highest BCUT2D eigenvalue weighted by Crippen LogP contribution is 2.38. The fourth-order valence-electron chi connectivity index (χ4n) is 4.23. The highest BCUT2D eigenvalue weighted by Gasteiger charge is 2.22. The molecule has 2 aromatic rings. The zero-order valence-corrected chi connectivity index (χ0v) is 16.7. The number of benzene rings is 1. The molecule has 0 atom stereocenters. The number of unbranched alkanes of at least 4 members (excludes halogenated alkanes) is 4. The van der Waals surface area contributed by atoms with Crippen LogP contribution < -0.4 is 0 Å². The minimum atomic E-state index is 0.299. The van der Waals surface area contributed by atoms with Crippen molar-refractivity contribution in [2.45, 2.75) is 77.0 Å². The molecule has 1 saturated carbocycles. The van der Waals surface area contributed by atoms with Crippen molar-refractivity contribution < 1.29 is 0 Å². The third-order valence-electron chi connectivity index (χ3n) is 5.90. The van der Waals surface area contributed by atoms with Gasteiger partial charge in [0.05, 0.1) is 0 Å². The van der Waals surface area contributed by atoms with Crippen LogP contribution in [0.1, 0.15) is 82.6 Å². The molecule has 0 saturated heterocycles. The van der Waals surface area contributed by atoms with Crippen LogP contribution in [-0.2, 0) is 0 Å². The minimum Gasteiger partial charge on any atom is -0.226 e. The highest BCUT2D eigenvalue weighted by atomic mass is 35.5. The van der Waals surface area contributed by atoms with Gasteiger partial charge in [-0.25, -0.2) is 9.97 Å². The van der Waals surface area contributed by atoms with Gasteiger partial charge in [-0.3, -0.25) is 0 Å². The van der Waals surface area contributed by atoms with Gasteiger partial charge in [0.2, 0.25) is 5.28 Å². The van der Waals surface area contributed by atoms with E-state index in [1.165, 1.54) is 69.8 Å². The lowest BCUT2D eigenvalue weighted by Gasteiger charge is -2.29. The van der Waals surface area contributed by atoms with E-state index in [9.17, 15) is 0 Å². The number of halogens is 1. The number of aromatic nitrogens is 2. The van der Waals surface area contributed by atoms with E-state index >= 15 is 0 Å². The summed E-state index contributed by atoms with van der Waals surface area (Å²) >= 11 is 5.77. The molecule has 1 aliphatic carbocycles. The standard InChI is InChI=1S/C23H31ClN2/c1-2-3-4-5-6-7-18-8-10-19(11-9-18)20-12-14-21(15-13-20)22-16-25-23(24)26-17-22/h12-19H,2-11H2,1H3/t18-,19-. The van der Waals surface area contributed by atoms with Gasteiger partial charge in [-0.05, 0) is 60.2 Å². The molecule has 140 valence electrons. The van der Waals surface area contributed by atoms with Crippen LogP contribution in [0.5, 0.6) is 0 Å². The van der Waals surface area contributed by atoms with Gasteiger partial charge in [0, 0.05) is 18.0 Å². The van der Waals surface area contributed by atoms with Gasteiger partial charge in [-0.1, -0.05) is 69.7 Å². The Morgan fingerprint density at radius 2 is 1.50 bits per heavy atom. The molecular weight excluding hydrogens is 340 g/mol. The average Bonchev–Trinajstić information content (AvgIpc) is 2.69. The van der Waals surface area contributed by atoms with Crippen molar-refractivity contribution in [3.05, 3.63) is 47.5 Å². The van der Waals surface area contributed by atoms with Gasteiger partial charge in [-0.2, -0.15) is 0 Å². The van der Waals surface area contributed by atoms with Crippen LogP contribution in [0.15, 0.2) is 36.7 Å². The normalized spacial score (nSPS) is 20.2. The number of rotatable bonds is 8. The van der Waals surface area contributed by atoms with Crippen LogP contribution >= 0.6 is 11.6 Å². The largest absolute Gasteiger partial charge is 0.226 e. The molecule has 0 amide bonds. The summed E-state index contributed by atoms with van der Waals surface area (Å²) in [6.07, 6.45) is 17.6. The Hall–Kier alpha value is -1.41. The summed E-state index contributed by atoms with van der Waals surface area (Å²) in [6.45, 7) is 2.29. The van der Waals surface area contributed by atoms with Crippen LogP contribution in [0.2, 0.25) is 5.28 Å². The Labute approximate surface area is 163 Å². The number of hydrogen-bond acceptors (Lipinski definition) is 2. The van der Waals surface area contributed by atoms with E-state index < -0.39 is 0 Å². The maximum Gasteiger partial charge on any atom is 0.222 e. The molecule has 1 heterocycles. The summed E-state index contributed by atoms with van der Waals surface area (Å²) in [5.74, 6) is 1.71. The van der Waals surface area contributed by atoms with Crippen LogP contribution in [0.4, 0.5) is 0 Å². The molecule has 0 spiro atoms. The Bertz CT molecular complexity index is 643. The van der Waals surface area contributed by atoms with Gasteiger partial charge < -0.3 is 0 Å². The fraction of sp³-hybridized carbons (Fsp3) is 0.565. The molecule has 2 nitrogen and oxygen atoms in total. The predicted octanol–water partition coefficient (Wildman–Crippen LogP) is 7.43. The monoisotopic (exact) mass is 370 g/mol. The van der Waals surface area contributed by atoms with E-state index in [2.05, 4.69) is 41.2 Å². The molecule has 1 aromatic heterocycles. The quantitative estimate of drug-likeness (QED) is 0.356. The zero-order chi connectivity index (χ0) is 18.2. The second-order valence-corrected chi connectivity index (χ2v) is 8.12. The first-order chi connectivity index (χ1) is 12.8. The lowest BCUT2D eigenvalue weighted by atomic mass is 9.77. The Balaban J connectivity index is 1.46. The number of hydrogen-bond donors (Lipinski definition) is 0. The molecule has 0 radical (unpaired) electrons. The Morgan fingerprint density at radius 1 is 0.846 bits per heavy atom. The van der Waals surface area contributed by atoms with Gasteiger partial charge in [-0.15, -0.1) is 0 Å². The first kappa shape index (κ1) is 19.4. The molecule has 26 heavy (non-hydrogen) atoms. The Kier molecular flexibility index (Phi) is 7.49. The van der Waals surface area contributed by atoms with Crippen LogP contribution in [0.25, 0.3) is 11.1 Å². The molecule has 3 rings (SSSR count). The topological polar surface area (TPSA) is 25.8 Å². The van der Waals surface area contributed by atoms with Crippen molar-refractivity contribution in [1.29, 1.82) is 0 Å². The van der Waals surface area contributed by atoms with Crippen molar-refractivity contribution in [2.24, 2.45) is 5.92 Å². The Morgan fingerprint density at radius 3 is 2.15 bits per heavy atom. The van der Waals surface area contributed by atoms with Crippen molar-refractivity contribution in [3.8, 4) is 11.1 Å². The minimum absolute atomic E-state index is 0.299. The summed E-state index contributed by atoms with van der Waals surface area (Å²) in [6, 6.07) is 8.98. The summed E-state index contributed by atoms with van der Waals surface area (Å²) in [5.41, 5.74) is 3.67. The van der Waals surface area contributed by atoms with Crippen LogP contribution in [0, 0.1) is 5.92 Å². The van der Waals surface area contributed by atoms with E-state index in [0.717, 1.165) is 23.0 Å². The second-order valence-electron chi connectivity index (χ2n) is 7.78. The first-order valence-electron chi connectivity index (χ1n) is 10.3. The molecule has 0 aliphatic heterocycles. The lowest BCUT2D eigenvalue weighted by Crippen LogP contribution is -2.13. The summed E-state index contributed by atoms with van der Waals surface area (Å²) in [4.78, 5) is 8.14. The molecule has 0 bridgehead atoms. The zero-order valence-electron chi connectivity index (χ0n) is 16.0. The van der Waals surface area contributed by atoms with E-state index in [4.69, 9.17) is 11.6 Å². The molecule has 1 fully saturated rings. The molecule has 1 aliphatic rings. The van der Waals surface area contributed by atoms with Crippen LogP contribution in [0.3, 0.4) is 0 Å². The van der Waals surface area contributed by atoms with E-state index in [0.29, 0.717) is 5.28 Å². The van der Waals surface area contributed by atoms with Crippen molar-refractivity contribution in [3.63, 3.8) is 0 Å². The third-order valence-corrected chi connectivity index (χ3v) is 6.09. The average molecular weight is 371 g/mol. The summed E-state index contributed by atoms with van der Waals surface area (Å²) in [5, 5.41) is 0.299. The first-order valence-corrected chi connectivity index (χ1v) is 10.7. The molecular formula is C23H31ClN2. The second kappa shape index (κ2) is 10.1. The summed E-state index contributed by atoms with van der Waals surface area (Å²) < 4.78 is 0. The van der Waals surface area contributed by atoms with Gasteiger partial charge in [0.25, 0.3) is 0 Å². The highest BCUT2D eigenvalue weighted by molar-refractivity contribution is 6.28. The molecule has 3 heteroatoms. The maximum atomic E-state index is 5.77. The van der Waals surface area contributed by atoms with Gasteiger partial charge in [0.1, 0.15) is 0 Å². The number of nitrogens with zero attached hydrogens (tertiary/aromatic N) is 2. The van der Waals surface area contributed by atoms with Crippen molar-refractivity contribution in [2.75, 3.05) is 0 Å². The third kappa shape index (κ3) is 5.54. The van der Waals surface area contributed by atoms with E-state index in [1.54, 1.807) is 12.4 Å². The SMILES string of the molecule is CCCCCCC[C@H]1CC[C@H](c2ccc(-c3cnc(Cl)nc3)cc2)CC1. The smallest absolute Gasteiger partial charge is 0.222 e. The molecule has 0 N–H and O–H groups in total. The van der Waals surface area contributed by atoms with Gasteiger partial charge >= 0.3 is 0 Å². The van der Waals surface area contributed by atoms with Gasteiger partial charge in [0.15, 0.2) is 0 Å². The summed E-state index contributed by atoms with van der Waals surface area (Å²) in [7, 11) is 0. The van der Waals surface area contributed by atoms with Crippen LogP contribution in [-0.4, -0.2) is 9.97 Å². The van der Waals surface area contributed by atoms with Crippen molar-refractivity contribution >= 4 is 11.6 Å².